The molecule has 0 saturated carbocycles. The molecule has 1 aliphatic heterocycles. The molecule has 1 aromatic rings. The molecule has 0 aliphatic carbocycles. The molecule has 0 bridgehead atoms. The number of likely N-dealkylation sites (N-methyl/N-ethyl adjacent to an activating group) is 3. The number of benzene rings is 1. The van der Waals surface area contributed by atoms with E-state index in [-0.39, 0.29) is 18.4 Å². The lowest BCUT2D eigenvalue weighted by molar-refractivity contribution is -0.123. The van der Waals surface area contributed by atoms with Gasteiger partial charge in [-0.15, -0.1) is 0 Å². The second-order valence-corrected chi connectivity index (χ2v) is 8.72. The summed E-state index contributed by atoms with van der Waals surface area (Å²) in [4.78, 5) is 28.1. The van der Waals surface area contributed by atoms with E-state index in [1.807, 2.05) is 6.92 Å². The van der Waals surface area contributed by atoms with Gasteiger partial charge in [-0.05, 0) is 43.7 Å². The van der Waals surface area contributed by atoms with E-state index in [1.165, 1.54) is 7.05 Å². The van der Waals surface area contributed by atoms with Crippen LogP contribution in [0.5, 0.6) is 0 Å². The van der Waals surface area contributed by atoms with E-state index in [4.69, 9.17) is 0 Å². The average molecular weight is 397 g/mol. The van der Waals surface area contributed by atoms with Crippen molar-refractivity contribution in [3.05, 3.63) is 24.3 Å². The minimum atomic E-state index is -3.44. The molecule has 0 aromatic heterocycles. The fourth-order valence-electron chi connectivity index (χ4n) is 3.03. The maximum Gasteiger partial charge on any atom is 0.245 e. The maximum absolute atomic E-state index is 12.8. The lowest BCUT2D eigenvalue weighted by Crippen LogP contribution is -2.52. The number of nitrogens with one attached hydrogen (secondary N) is 1. The highest BCUT2D eigenvalue weighted by Crippen LogP contribution is 2.26. The topological polar surface area (TPSA) is 90.0 Å². The predicted octanol–water partition coefficient (Wildman–Crippen LogP) is 0.646. The summed E-state index contributed by atoms with van der Waals surface area (Å²) in [7, 11) is -0.294. The Balaban J connectivity index is 2.14. The average Bonchev–Trinajstić information content (AvgIpc) is 2.64. The molecule has 2 rings (SSSR count). The van der Waals surface area contributed by atoms with Gasteiger partial charge in [-0.3, -0.25) is 9.59 Å². The van der Waals surface area contributed by atoms with Crippen LogP contribution in [0.2, 0.25) is 0 Å². The van der Waals surface area contributed by atoms with Crippen LogP contribution in [-0.2, 0) is 19.6 Å². The van der Waals surface area contributed by atoms with Crippen molar-refractivity contribution in [3.63, 3.8) is 0 Å². The molecule has 0 radical (unpaired) electrons. The second kappa shape index (κ2) is 8.81. The van der Waals surface area contributed by atoms with Crippen molar-refractivity contribution in [2.24, 2.45) is 0 Å². The van der Waals surface area contributed by atoms with Crippen LogP contribution in [-0.4, -0.2) is 70.6 Å². The van der Waals surface area contributed by atoms with Crippen molar-refractivity contribution in [2.75, 3.05) is 49.8 Å². The van der Waals surface area contributed by atoms with Gasteiger partial charge in [0.05, 0.1) is 12.8 Å². The predicted molar refractivity (Wildman–Crippen MR) is 106 cm³/mol. The van der Waals surface area contributed by atoms with Crippen LogP contribution in [0.25, 0.3) is 0 Å². The summed E-state index contributed by atoms with van der Waals surface area (Å²) in [5.74, 6) is -0.271. The molecule has 0 spiro atoms. The summed E-state index contributed by atoms with van der Waals surface area (Å²) < 4.78 is 24.7. The molecule has 1 heterocycles. The Morgan fingerprint density at radius 3 is 2.44 bits per heavy atom. The number of piperidine rings is 1. The summed E-state index contributed by atoms with van der Waals surface area (Å²) >= 11 is 0. The number of carbonyl (C=O) groups is 2. The SMILES string of the molecule is CCNCC(=O)N(C)c1ccc(N2CCCC(N(C)S(C)(=O)=O)C2=O)cc1. The van der Waals surface area contributed by atoms with E-state index in [0.717, 1.165) is 29.2 Å². The third-order valence-corrected chi connectivity index (χ3v) is 6.12. The van der Waals surface area contributed by atoms with E-state index >= 15 is 0 Å². The van der Waals surface area contributed by atoms with Gasteiger partial charge in [0.1, 0.15) is 6.04 Å². The first-order valence-corrected chi connectivity index (χ1v) is 10.8. The Morgan fingerprint density at radius 1 is 1.26 bits per heavy atom. The molecule has 1 fully saturated rings. The Bertz CT molecular complexity index is 779. The first kappa shape index (κ1) is 21.3. The van der Waals surface area contributed by atoms with E-state index < -0.39 is 16.1 Å². The number of rotatable bonds is 7. The molecule has 1 aliphatic rings. The standard InChI is InChI=1S/C18H28N4O4S/c1-5-19-13-17(23)20(2)14-8-10-15(11-9-14)22-12-6-7-16(18(22)24)21(3)27(4,25)26/h8-11,16,19H,5-7,12-13H2,1-4H3. The van der Waals surface area contributed by atoms with Crippen molar-refractivity contribution in [1.29, 1.82) is 0 Å². The summed E-state index contributed by atoms with van der Waals surface area (Å²) in [5.41, 5.74) is 1.43. The quantitative estimate of drug-likeness (QED) is 0.731. The van der Waals surface area contributed by atoms with Crippen LogP contribution in [0.3, 0.4) is 0 Å². The van der Waals surface area contributed by atoms with Crippen LogP contribution in [0.15, 0.2) is 24.3 Å². The Kier molecular flexibility index (Phi) is 6.96. The minimum absolute atomic E-state index is 0.0477. The molecule has 150 valence electrons. The third-order valence-electron chi connectivity index (χ3n) is 4.82. The molecular weight excluding hydrogens is 368 g/mol. The molecule has 9 heteroatoms. The van der Waals surface area contributed by atoms with Crippen LogP contribution < -0.4 is 15.1 Å². The van der Waals surface area contributed by atoms with Crippen molar-refractivity contribution in [2.45, 2.75) is 25.8 Å². The highest BCUT2D eigenvalue weighted by molar-refractivity contribution is 7.88. The van der Waals surface area contributed by atoms with Gasteiger partial charge < -0.3 is 15.1 Å². The lowest BCUT2D eigenvalue weighted by atomic mass is 10.0. The lowest BCUT2D eigenvalue weighted by Gasteiger charge is -2.36. The van der Waals surface area contributed by atoms with E-state index in [9.17, 15) is 18.0 Å². The molecule has 2 amide bonds. The molecule has 1 N–H and O–H groups in total. The molecule has 1 saturated heterocycles. The van der Waals surface area contributed by atoms with Gasteiger partial charge >= 0.3 is 0 Å². The van der Waals surface area contributed by atoms with Gasteiger partial charge in [0.25, 0.3) is 0 Å². The summed E-state index contributed by atoms with van der Waals surface area (Å²) in [6.07, 6.45) is 2.34. The third kappa shape index (κ3) is 5.06. The maximum atomic E-state index is 12.8. The first-order valence-electron chi connectivity index (χ1n) is 8.98. The fraction of sp³-hybridized carbons (Fsp3) is 0.556. The van der Waals surface area contributed by atoms with Crippen molar-refractivity contribution in [1.82, 2.24) is 9.62 Å². The van der Waals surface area contributed by atoms with Crippen LogP contribution in [0.4, 0.5) is 11.4 Å². The number of amides is 2. The van der Waals surface area contributed by atoms with Gasteiger partial charge in [-0.2, -0.15) is 4.31 Å². The first-order chi connectivity index (χ1) is 12.7. The summed E-state index contributed by atoms with van der Waals surface area (Å²) in [6.45, 7) is 3.46. The molecule has 1 unspecified atom stereocenters. The van der Waals surface area contributed by atoms with Gasteiger partial charge in [-0.1, -0.05) is 6.92 Å². The number of carbonyl (C=O) groups excluding carboxylic acids is 2. The van der Waals surface area contributed by atoms with E-state index in [1.54, 1.807) is 41.1 Å². The number of nitrogens with zero attached hydrogens (tertiary/aromatic N) is 3. The normalized spacial score (nSPS) is 18.0. The molecule has 1 atom stereocenters. The minimum Gasteiger partial charge on any atom is -0.314 e. The Morgan fingerprint density at radius 2 is 1.89 bits per heavy atom. The summed E-state index contributed by atoms with van der Waals surface area (Å²) in [6, 6.07) is 6.46. The molecule has 8 nitrogen and oxygen atoms in total. The van der Waals surface area contributed by atoms with Crippen molar-refractivity contribution >= 4 is 33.2 Å². The smallest absolute Gasteiger partial charge is 0.245 e. The Labute approximate surface area is 161 Å². The number of hydrogen-bond donors (Lipinski definition) is 1. The van der Waals surface area contributed by atoms with Crippen molar-refractivity contribution in [3.8, 4) is 0 Å². The largest absolute Gasteiger partial charge is 0.314 e. The second-order valence-electron chi connectivity index (χ2n) is 6.68. The number of anilines is 2. The van der Waals surface area contributed by atoms with Crippen molar-refractivity contribution < 1.29 is 18.0 Å². The van der Waals surface area contributed by atoms with E-state index in [2.05, 4.69) is 5.32 Å². The van der Waals surface area contributed by atoms with Crippen LogP contribution >= 0.6 is 0 Å². The van der Waals surface area contributed by atoms with Gasteiger partial charge in [0.15, 0.2) is 0 Å². The monoisotopic (exact) mass is 396 g/mol. The molecule has 27 heavy (non-hydrogen) atoms. The van der Waals surface area contributed by atoms with Gasteiger partial charge in [-0.25, -0.2) is 8.42 Å². The highest BCUT2D eigenvalue weighted by Gasteiger charge is 2.35. The fourth-order valence-corrected chi connectivity index (χ4v) is 3.69. The number of sulfonamides is 1. The molecule has 1 aromatic carbocycles. The Hall–Kier alpha value is -1.97. The molecular formula is C18H28N4O4S. The zero-order chi connectivity index (χ0) is 20.2. The zero-order valence-corrected chi connectivity index (χ0v) is 17.1. The van der Waals surface area contributed by atoms with Gasteiger partial charge in [0.2, 0.25) is 21.8 Å². The zero-order valence-electron chi connectivity index (χ0n) is 16.3. The van der Waals surface area contributed by atoms with E-state index in [0.29, 0.717) is 18.7 Å². The highest BCUT2D eigenvalue weighted by atomic mass is 32.2. The van der Waals surface area contributed by atoms with Crippen LogP contribution in [0, 0.1) is 0 Å². The van der Waals surface area contributed by atoms with Gasteiger partial charge in [0, 0.05) is 32.0 Å². The number of hydrogen-bond acceptors (Lipinski definition) is 5. The summed E-state index contributed by atoms with van der Waals surface area (Å²) in [5, 5.41) is 3.00. The van der Waals surface area contributed by atoms with Crippen LogP contribution in [0.1, 0.15) is 19.8 Å².